The minimum absolute atomic E-state index is 0.112. The molecule has 1 aliphatic rings. The molecule has 19 heavy (non-hydrogen) atoms. The molecule has 0 aromatic carbocycles. The highest BCUT2D eigenvalue weighted by atomic mass is 32.1. The van der Waals surface area contributed by atoms with E-state index >= 15 is 0 Å². The van der Waals surface area contributed by atoms with Crippen LogP contribution in [0.15, 0.2) is 16.8 Å². The fourth-order valence-electron chi connectivity index (χ4n) is 2.50. The average Bonchev–Trinajstić information content (AvgIpc) is 2.94. The van der Waals surface area contributed by atoms with Crippen molar-refractivity contribution < 1.29 is 14.3 Å². The Kier molecular flexibility index (Phi) is 4.01. The Morgan fingerprint density at radius 1 is 1.68 bits per heavy atom. The highest BCUT2D eigenvalue weighted by Crippen LogP contribution is 2.41. The smallest absolute Gasteiger partial charge is 0.316 e. The predicted octanol–water partition coefficient (Wildman–Crippen LogP) is 2.44. The van der Waals surface area contributed by atoms with Crippen molar-refractivity contribution in [1.29, 1.82) is 5.26 Å². The summed E-state index contributed by atoms with van der Waals surface area (Å²) >= 11 is 1.52. The number of nitriles is 1. The predicted molar refractivity (Wildman–Crippen MR) is 70.6 cm³/mol. The largest absolute Gasteiger partial charge is 0.465 e. The first-order chi connectivity index (χ1) is 9.13. The van der Waals surface area contributed by atoms with Crippen molar-refractivity contribution in [3.8, 4) is 6.07 Å². The first-order valence-electron chi connectivity index (χ1n) is 6.26. The van der Waals surface area contributed by atoms with E-state index in [1.165, 1.54) is 11.3 Å². The quantitative estimate of drug-likeness (QED) is 0.628. The van der Waals surface area contributed by atoms with Gasteiger partial charge in [-0.15, -0.1) is 0 Å². The highest BCUT2D eigenvalue weighted by molar-refractivity contribution is 7.08. The van der Waals surface area contributed by atoms with Crippen LogP contribution in [0.2, 0.25) is 0 Å². The van der Waals surface area contributed by atoms with E-state index in [0.717, 1.165) is 5.56 Å². The lowest BCUT2D eigenvalue weighted by molar-refractivity contribution is -0.153. The lowest BCUT2D eigenvalue weighted by atomic mass is 9.67. The minimum Gasteiger partial charge on any atom is -0.465 e. The maximum atomic E-state index is 11.9. The summed E-state index contributed by atoms with van der Waals surface area (Å²) in [4.78, 5) is 23.7. The first kappa shape index (κ1) is 13.8. The second-order valence-corrected chi connectivity index (χ2v) is 5.46. The lowest BCUT2D eigenvalue weighted by Crippen LogP contribution is -2.40. The Morgan fingerprint density at radius 3 is 3.05 bits per heavy atom. The monoisotopic (exact) mass is 277 g/mol. The number of carbonyl (C=O) groups is 2. The number of ether oxygens (including phenoxy) is 1. The molecule has 0 amide bonds. The Bertz CT molecular complexity index is 517. The van der Waals surface area contributed by atoms with Gasteiger partial charge in [0.25, 0.3) is 0 Å². The van der Waals surface area contributed by atoms with Gasteiger partial charge in [-0.25, -0.2) is 0 Å². The number of Topliss-reactive ketones (excluding diaryl/α,β-unsaturated/α-hetero) is 1. The zero-order valence-electron chi connectivity index (χ0n) is 10.7. The molecule has 4 nitrogen and oxygen atoms in total. The van der Waals surface area contributed by atoms with Gasteiger partial charge in [-0.05, 0) is 42.2 Å². The van der Waals surface area contributed by atoms with Crippen LogP contribution >= 0.6 is 11.3 Å². The molecular formula is C14H15NO3S. The van der Waals surface area contributed by atoms with Crippen molar-refractivity contribution in [3.63, 3.8) is 0 Å². The summed E-state index contributed by atoms with van der Waals surface area (Å²) in [5.74, 6) is -1.41. The van der Waals surface area contributed by atoms with Gasteiger partial charge in [0.15, 0.2) is 0 Å². The molecule has 1 aromatic rings. The number of hydrogen-bond acceptors (Lipinski definition) is 5. The molecule has 2 unspecified atom stereocenters. The molecule has 2 atom stereocenters. The average molecular weight is 277 g/mol. The zero-order valence-corrected chi connectivity index (χ0v) is 11.5. The molecule has 0 aliphatic heterocycles. The summed E-state index contributed by atoms with van der Waals surface area (Å²) in [6.07, 6.45) is 0.972. The second kappa shape index (κ2) is 5.54. The first-order valence-corrected chi connectivity index (χ1v) is 7.20. The summed E-state index contributed by atoms with van der Waals surface area (Å²) in [6.45, 7) is 1.96. The molecule has 0 bridgehead atoms. The maximum absolute atomic E-state index is 11.9. The van der Waals surface area contributed by atoms with Gasteiger partial charge in [0, 0.05) is 6.42 Å². The molecule has 0 radical (unpaired) electrons. The fourth-order valence-corrected chi connectivity index (χ4v) is 3.25. The molecule has 1 aliphatic carbocycles. The van der Waals surface area contributed by atoms with Gasteiger partial charge in [0.05, 0.1) is 18.1 Å². The van der Waals surface area contributed by atoms with Crippen molar-refractivity contribution >= 4 is 23.1 Å². The number of thiophene rings is 1. The van der Waals surface area contributed by atoms with Crippen molar-refractivity contribution in [3.05, 3.63) is 22.4 Å². The van der Waals surface area contributed by atoms with Crippen molar-refractivity contribution in [2.24, 2.45) is 5.92 Å². The van der Waals surface area contributed by atoms with Gasteiger partial charge in [-0.2, -0.15) is 16.6 Å². The number of nitrogens with zero attached hydrogens (tertiary/aromatic N) is 1. The maximum Gasteiger partial charge on any atom is 0.316 e. The Balaban J connectivity index is 2.27. The summed E-state index contributed by atoms with van der Waals surface area (Å²) < 4.78 is 4.94. The van der Waals surface area contributed by atoms with E-state index in [9.17, 15) is 14.9 Å². The fraction of sp³-hybridized carbons (Fsp3) is 0.500. The summed E-state index contributed by atoms with van der Waals surface area (Å²) in [6, 6.07) is 4.21. The van der Waals surface area contributed by atoms with Crippen molar-refractivity contribution in [2.45, 2.75) is 31.6 Å². The molecule has 1 saturated carbocycles. The van der Waals surface area contributed by atoms with Crippen molar-refractivity contribution in [1.82, 2.24) is 0 Å². The van der Waals surface area contributed by atoms with Gasteiger partial charge in [0.2, 0.25) is 0 Å². The normalized spacial score (nSPS) is 26.7. The van der Waals surface area contributed by atoms with Crippen LogP contribution in [0.4, 0.5) is 0 Å². The van der Waals surface area contributed by atoms with Crippen LogP contribution in [0.5, 0.6) is 0 Å². The van der Waals surface area contributed by atoms with E-state index in [0.29, 0.717) is 6.42 Å². The van der Waals surface area contributed by atoms with Gasteiger partial charge in [-0.3, -0.25) is 9.59 Å². The standard InChI is InChI=1S/C14H15NO3S/c1-2-18-13(17)11-7-14(9-15,5-3-12(11)16)10-4-6-19-8-10/h4,6,8,11H,2-3,5,7H2,1H3. The number of rotatable bonds is 3. The van der Waals surface area contributed by atoms with E-state index in [2.05, 4.69) is 6.07 Å². The Morgan fingerprint density at radius 2 is 2.47 bits per heavy atom. The second-order valence-electron chi connectivity index (χ2n) is 4.68. The third-order valence-corrected chi connectivity index (χ3v) is 4.28. The zero-order chi connectivity index (χ0) is 13.9. The van der Waals surface area contributed by atoms with E-state index in [1.807, 2.05) is 16.8 Å². The molecule has 1 heterocycles. The van der Waals surface area contributed by atoms with Crippen LogP contribution in [-0.4, -0.2) is 18.4 Å². The van der Waals surface area contributed by atoms with Crippen LogP contribution in [0, 0.1) is 17.2 Å². The Hall–Kier alpha value is -1.67. The summed E-state index contributed by atoms with van der Waals surface area (Å²) in [5.41, 5.74) is 0.174. The van der Waals surface area contributed by atoms with Crippen molar-refractivity contribution in [2.75, 3.05) is 6.61 Å². The lowest BCUT2D eigenvalue weighted by Gasteiger charge is -2.33. The topological polar surface area (TPSA) is 67.2 Å². The molecule has 1 fully saturated rings. The molecule has 100 valence electrons. The number of hydrogen-bond donors (Lipinski definition) is 0. The van der Waals surface area contributed by atoms with E-state index < -0.39 is 17.3 Å². The number of carbonyl (C=O) groups excluding carboxylic acids is 2. The molecular weight excluding hydrogens is 262 g/mol. The molecule has 1 aromatic heterocycles. The molecule has 0 N–H and O–H groups in total. The van der Waals surface area contributed by atoms with Crippen LogP contribution in [-0.2, 0) is 19.7 Å². The number of ketones is 1. The van der Waals surface area contributed by atoms with Gasteiger partial charge in [-0.1, -0.05) is 0 Å². The number of esters is 1. The minimum atomic E-state index is -0.798. The third kappa shape index (κ3) is 2.54. The van der Waals surface area contributed by atoms with Crippen LogP contribution in [0.3, 0.4) is 0 Å². The molecule has 5 heteroatoms. The third-order valence-electron chi connectivity index (χ3n) is 3.60. The SMILES string of the molecule is CCOC(=O)C1CC(C#N)(c2ccsc2)CCC1=O. The van der Waals surface area contributed by atoms with Crippen LogP contribution in [0.1, 0.15) is 31.7 Å². The molecule has 0 spiro atoms. The Labute approximate surface area is 116 Å². The van der Waals surface area contributed by atoms with E-state index in [-0.39, 0.29) is 25.2 Å². The van der Waals surface area contributed by atoms with Crippen LogP contribution < -0.4 is 0 Å². The van der Waals surface area contributed by atoms with Gasteiger partial charge in [0.1, 0.15) is 11.7 Å². The summed E-state index contributed by atoms with van der Waals surface area (Å²) in [7, 11) is 0. The van der Waals surface area contributed by atoms with E-state index in [4.69, 9.17) is 4.74 Å². The molecule has 2 rings (SSSR count). The van der Waals surface area contributed by atoms with Crippen LogP contribution in [0.25, 0.3) is 0 Å². The summed E-state index contributed by atoms with van der Waals surface area (Å²) in [5, 5.41) is 13.3. The highest BCUT2D eigenvalue weighted by Gasteiger charge is 2.45. The van der Waals surface area contributed by atoms with Gasteiger partial charge < -0.3 is 4.74 Å². The van der Waals surface area contributed by atoms with E-state index in [1.54, 1.807) is 6.92 Å². The van der Waals surface area contributed by atoms with Gasteiger partial charge >= 0.3 is 5.97 Å². The molecule has 0 saturated heterocycles.